The molecule has 0 radical (unpaired) electrons. The maximum absolute atomic E-state index is 12.1. The van der Waals surface area contributed by atoms with Crippen LogP contribution in [-0.4, -0.2) is 25.8 Å². The van der Waals surface area contributed by atoms with Gasteiger partial charge in [0, 0.05) is 23.8 Å². The van der Waals surface area contributed by atoms with Crippen molar-refractivity contribution in [2.24, 2.45) is 0 Å². The number of urea groups is 1. The molecule has 0 saturated heterocycles. The average molecular weight is 322 g/mol. The van der Waals surface area contributed by atoms with Crippen LogP contribution in [0.25, 0.3) is 5.69 Å². The van der Waals surface area contributed by atoms with Gasteiger partial charge in [0.1, 0.15) is 6.33 Å². The standard InChI is InChI=1S/C17H18N6O/c1-12-8-15(23-7-3-6-21-23)4-5-16(12)22-17(24)18-10-14-9-13(2)19-11-20-14/h3-9,11H,10H2,1-2H3,(H2,18,22,24). The molecular weight excluding hydrogens is 304 g/mol. The molecule has 2 heterocycles. The molecular formula is C17H18N6O. The molecule has 2 N–H and O–H groups in total. The van der Waals surface area contributed by atoms with Gasteiger partial charge in [-0.1, -0.05) is 0 Å². The van der Waals surface area contributed by atoms with E-state index >= 15 is 0 Å². The monoisotopic (exact) mass is 322 g/mol. The van der Waals surface area contributed by atoms with E-state index in [1.54, 1.807) is 10.9 Å². The number of nitrogens with one attached hydrogen (secondary N) is 2. The normalized spacial score (nSPS) is 10.4. The summed E-state index contributed by atoms with van der Waals surface area (Å²) in [6, 6.07) is 9.16. The van der Waals surface area contributed by atoms with Crippen LogP contribution in [0.15, 0.2) is 49.1 Å². The van der Waals surface area contributed by atoms with Crippen molar-refractivity contribution in [2.75, 3.05) is 5.32 Å². The molecule has 0 unspecified atom stereocenters. The van der Waals surface area contributed by atoms with Gasteiger partial charge in [0.2, 0.25) is 0 Å². The van der Waals surface area contributed by atoms with E-state index in [1.807, 2.05) is 50.4 Å². The zero-order valence-electron chi connectivity index (χ0n) is 13.5. The van der Waals surface area contributed by atoms with Crippen molar-refractivity contribution in [3.63, 3.8) is 0 Å². The number of carbonyl (C=O) groups is 1. The van der Waals surface area contributed by atoms with E-state index in [9.17, 15) is 4.79 Å². The molecule has 122 valence electrons. The molecule has 0 aliphatic carbocycles. The molecule has 0 fully saturated rings. The molecule has 3 aromatic rings. The van der Waals surface area contributed by atoms with Crippen molar-refractivity contribution in [2.45, 2.75) is 20.4 Å². The molecule has 0 aliphatic rings. The van der Waals surface area contributed by atoms with E-state index in [4.69, 9.17) is 0 Å². The van der Waals surface area contributed by atoms with E-state index in [2.05, 4.69) is 25.7 Å². The Hall–Kier alpha value is -3.22. The van der Waals surface area contributed by atoms with Crippen molar-refractivity contribution in [1.82, 2.24) is 25.1 Å². The number of anilines is 1. The first-order valence-electron chi connectivity index (χ1n) is 7.55. The van der Waals surface area contributed by atoms with Crippen LogP contribution in [0.4, 0.5) is 10.5 Å². The van der Waals surface area contributed by atoms with Crippen LogP contribution in [0.3, 0.4) is 0 Å². The minimum atomic E-state index is -0.277. The lowest BCUT2D eigenvalue weighted by Gasteiger charge is -2.11. The lowest BCUT2D eigenvalue weighted by molar-refractivity contribution is 0.251. The second kappa shape index (κ2) is 6.91. The van der Waals surface area contributed by atoms with Gasteiger partial charge in [-0.2, -0.15) is 5.10 Å². The number of nitrogens with zero attached hydrogens (tertiary/aromatic N) is 4. The van der Waals surface area contributed by atoms with Gasteiger partial charge in [-0.15, -0.1) is 0 Å². The predicted octanol–water partition coefficient (Wildman–Crippen LogP) is 2.60. The summed E-state index contributed by atoms with van der Waals surface area (Å²) in [6.07, 6.45) is 5.09. The Morgan fingerprint density at radius 2 is 2.08 bits per heavy atom. The van der Waals surface area contributed by atoms with Gasteiger partial charge < -0.3 is 10.6 Å². The predicted molar refractivity (Wildman–Crippen MR) is 90.9 cm³/mol. The van der Waals surface area contributed by atoms with Crippen LogP contribution in [0.2, 0.25) is 0 Å². The third-order valence-corrected chi connectivity index (χ3v) is 3.52. The van der Waals surface area contributed by atoms with Crippen LogP contribution in [-0.2, 0) is 6.54 Å². The fraction of sp³-hybridized carbons (Fsp3) is 0.176. The zero-order valence-corrected chi connectivity index (χ0v) is 13.5. The van der Waals surface area contributed by atoms with E-state index in [0.29, 0.717) is 6.54 Å². The fourth-order valence-electron chi connectivity index (χ4n) is 2.30. The van der Waals surface area contributed by atoms with Crippen LogP contribution < -0.4 is 10.6 Å². The van der Waals surface area contributed by atoms with Crippen LogP contribution >= 0.6 is 0 Å². The molecule has 2 aromatic heterocycles. The van der Waals surface area contributed by atoms with Crippen molar-refractivity contribution >= 4 is 11.7 Å². The van der Waals surface area contributed by atoms with Gasteiger partial charge in [-0.25, -0.2) is 19.4 Å². The molecule has 3 rings (SSSR count). The molecule has 0 atom stereocenters. The number of hydrogen-bond acceptors (Lipinski definition) is 4. The highest BCUT2D eigenvalue weighted by Gasteiger charge is 2.06. The van der Waals surface area contributed by atoms with E-state index < -0.39 is 0 Å². The van der Waals surface area contributed by atoms with Gasteiger partial charge in [0.15, 0.2) is 0 Å². The highest BCUT2D eigenvalue weighted by atomic mass is 16.2. The number of carbonyl (C=O) groups excluding carboxylic acids is 1. The lowest BCUT2D eigenvalue weighted by Crippen LogP contribution is -2.28. The molecule has 7 nitrogen and oxygen atoms in total. The quantitative estimate of drug-likeness (QED) is 0.773. The van der Waals surface area contributed by atoms with E-state index in [1.165, 1.54) is 6.33 Å². The van der Waals surface area contributed by atoms with Gasteiger partial charge in [-0.05, 0) is 49.7 Å². The van der Waals surface area contributed by atoms with E-state index in [0.717, 1.165) is 28.3 Å². The largest absolute Gasteiger partial charge is 0.332 e. The molecule has 0 spiro atoms. The molecule has 2 amide bonds. The summed E-state index contributed by atoms with van der Waals surface area (Å²) in [6.45, 7) is 4.17. The highest BCUT2D eigenvalue weighted by molar-refractivity contribution is 5.90. The van der Waals surface area contributed by atoms with Gasteiger partial charge >= 0.3 is 6.03 Å². The second-order valence-electron chi connectivity index (χ2n) is 5.41. The van der Waals surface area contributed by atoms with Crippen LogP contribution in [0, 0.1) is 13.8 Å². The summed E-state index contributed by atoms with van der Waals surface area (Å²) in [5, 5.41) is 9.82. The Bertz CT molecular complexity index is 844. The highest BCUT2D eigenvalue weighted by Crippen LogP contribution is 2.18. The second-order valence-corrected chi connectivity index (χ2v) is 5.41. The summed E-state index contributed by atoms with van der Waals surface area (Å²) in [4.78, 5) is 20.2. The van der Waals surface area contributed by atoms with Crippen molar-refractivity contribution in [3.8, 4) is 5.69 Å². The SMILES string of the molecule is Cc1cc(CNC(=O)Nc2ccc(-n3cccn3)cc2C)ncn1. The summed E-state index contributed by atoms with van der Waals surface area (Å²) in [7, 11) is 0. The average Bonchev–Trinajstić information content (AvgIpc) is 3.09. The maximum Gasteiger partial charge on any atom is 0.319 e. The third-order valence-electron chi connectivity index (χ3n) is 3.52. The topological polar surface area (TPSA) is 84.7 Å². The summed E-state index contributed by atoms with van der Waals surface area (Å²) < 4.78 is 1.77. The Morgan fingerprint density at radius 1 is 1.21 bits per heavy atom. The van der Waals surface area contributed by atoms with E-state index in [-0.39, 0.29) is 6.03 Å². The number of benzene rings is 1. The first-order chi connectivity index (χ1) is 11.6. The molecule has 0 saturated carbocycles. The van der Waals surface area contributed by atoms with Crippen LogP contribution in [0.1, 0.15) is 17.0 Å². The third kappa shape index (κ3) is 3.75. The molecule has 7 heteroatoms. The Morgan fingerprint density at radius 3 is 2.79 bits per heavy atom. The fourth-order valence-corrected chi connectivity index (χ4v) is 2.30. The number of rotatable bonds is 4. The molecule has 0 bridgehead atoms. The van der Waals surface area contributed by atoms with Crippen molar-refractivity contribution < 1.29 is 4.79 Å². The molecule has 24 heavy (non-hydrogen) atoms. The summed E-state index contributed by atoms with van der Waals surface area (Å²) >= 11 is 0. The number of aromatic nitrogens is 4. The summed E-state index contributed by atoms with van der Waals surface area (Å²) in [5.41, 5.74) is 4.29. The maximum atomic E-state index is 12.1. The lowest BCUT2D eigenvalue weighted by atomic mass is 10.2. The Kier molecular flexibility index (Phi) is 4.51. The Balaban J connectivity index is 1.62. The molecule has 1 aromatic carbocycles. The molecule has 0 aliphatic heterocycles. The number of aryl methyl sites for hydroxylation is 2. The van der Waals surface area contributed by atoms with Gasteiger partial charge in [-0.3, -0.25) is 0 Å². The van der Waals surface area contributed by atoms with Crippen molar-refractivity contribution in [1.29, 1.82) is 0 Å². The number of hydrogen-bond donors (Lipinski definition) is 2. The smallest absolute Gasteiger partial charge is 0.319 e. The summed E-state index contributed by atoms with van der Waals surface area (Å²) in [5.74, 6) is 0. The van der Waals surface area contributed by atoms with Gasteiger partial charge in [0.25, 0.3) is 0 Å². The van der Waals surface area contributed by atoms with Crippen LogP contribution in [0.5, 0.6) is 0 Å². The minimum Gasteiger partial charge on any atom is -0.332 e. The number of amides is 2. The zero-order chi connectivity index (χ0) is 16.9. The first kappa shape index (κ1) is 15.7. The minimum absolute atomic E-state index is 0.277. The van der Waals surface area contributed by atoms with Crippen molar-refractivity contribution in [3.05, 3.63) is 66.0 Å². The Labute approximate surface area is 139 Å². The van der Waals surface area contributed by atoms with Gasteiger partial charge in [0.05, 0.1) is 17.9 Å². The first-order valence-corrected chi connectivity index (χ1v) is 7.55.